The van der Waals surface area contributed by atoms with Crippen LogP contribution in [0, 0.1) is 6.92 Å². The highest BCUT2D eigenvalue weighted by molar-refractivity contribution is 6.05. The minimum absolute atomic E-state index is 0.303. The molecule has 1 amide bonds. The highest BCUT2D eigenvalue weighted by Gasteiger charge is 2.20. The van der Waals surface area contributed by atoms with Gasteiger partial charge in [0.2, 0.25) is 0 Å². The lowest BCUT2D eigenvalue weighted by Crippen LogP contribution is -2.30. The molecular formula is C18H16N2O4. The highest BCUT2D eigenvalue weighted by Crippen LogP contribution is 2.26. The second kappa shape index (κ2) is 6.16. The monoisotopic (exact) mass is 324 g/mol. The van der Waals surface area contributed by atoms with E-state index in [1.807, 2.05) is 19.1 Å². The van der Waals surface area contributed by atoms with E-state index in [2.05, 4.69) is 4.98 Å². The fourth-order valence-electron chi connectivity index (χ4n) is 2.32. The van der Waals surface area contributed by atoms with Gasteiger partial charge in [-0.05, 0) is 38.1 Å². The van der Waals surface area contributed by atoms with Gasteiger partial charge in [0.05, 0.1) is 11.1 Å². The molecular weight excluding hydrogens is 308 g/mol. The van der Waals surface area contributed by atoms with Crippen molar-refractivity contribution in [3.05, 3.63) is 53.8 Å². The van der Waals surface area contributed by atoms with E-state index >= 15 is 0 Å². The van der Waals surface area contributed by atoms with E-state index in [0.717, 1.165) is 5.76 Å². The number of furan rings is 1. The summed E-state index contributed by atoms with van der Waals surface area (Å²) in [6.07, 6.45) is -1.02. The number of primary amides is 1. The van der Waals surface area contributed by atoms with Crippen LogP contribution in [0.3, 0.4) is 0 Å². The zero-order valence-electron chi connectivity index (χ0n) is 13.3. The van der Waals surface area contributed by atoms with Gasteiger partial charge < -0.3 is 14.9 Å². The van der Waals surface area contributed by atoms with Crippen molar-refractivity contribution >= 4 is 22.8 Å². The van der Waals surface area contributed by atoms with E-state index in [1.165, 1.54) is 6.92 Å². The molecule has 0 saturated heterocycles. The van der Waals surface area contributed by atoms with Crippen LogP contribution in [0.1, 0.15) is 23.0 Å². The number of esters is 1. The number of para-hydroxylation sites is 1. The van der Waals surface area contributed by atoms with Crippen molar-refractivity contribution < 1.29 is 18.7 Å². The van der Waals surface area contributed by atoms with Crippen LogP contribution in [0.15, 0.2) is 46.9 Å². The summed E-state index contributed by atoms with van der Waals surface area (Å²) in [4.78, 5) is 28.1. The number of nitrogens with two attached hydrogens (primary N) is 1. The summed E-state index contributed by atoms with van der Waals surface area (Å²) in [6, 6.07) is 12.4. The Labute approximate surface area is 138 Å². The quantitative estimate of drug-likeness (QED) is 0.745. The number of hydrogen-bond acceptors (Lipinski definition) is 5. The molecule has 24 heavy (non-hydrogen) atoms. The Kier molecular flexibility index (Phi) is 4.04. The van der Waals surface area contributed by atoms with Crippen LogP contribution in [0.5, 0.6) is 0 Å². The van der Waals surface area contributed by atoms with Gasteiger partial charge >= 0.3 is 5.97 Å². The van der Waals surface area contributed by atoms with E-state index < -0.39 is 18.0 Å². The molecule has 2 heterocycles. The fraction of sp³-hybridized carbons (Fsp3) is 0.167. The average molecular weight is 324 g/mol. The molecule has 0 radical (unpaired) electrons. The predicted octanol–water partition coefficient (Wildman–Crippen LogP) is 2.83. The SMILES string of the molecule is Cc1ccc(-c2cc(C(=O)O[C@@H](C)C(N)=O)c3ccccc3n2)o1. The molecule has 0 unspecified atom stereocenters. The Morgan fingerprint density at radius 2 is 1.96 bits per heavy atom. The number of hydrogen-bond donors (Lipinski definition) is 1. The Morgan fingerprint density at radius 3 is 2.62 bits per heavy atom. The van der Waals surface area contributed by atoms with Gasteiger partial charge in [-0.1, -0.05) is 18.2 Å². The third kappa shape index (κ3) is 2.99. The van der Waals surface area contributed by atoms with Gasteiger partial charge in [0.25, 0.3) is 5.91 Å². The summed E-state index contributed by atoms with van der Waals surface area (Å²) in [5.74, 6) is -0.0466. The number of fused-ring (bicyclic) bond motifs is 1. The molecule has 0 bridgehead atoms. The lowest BCUT2D eigenvalue weighted by molar-refractivity contribution is -0.125. The van der Waals surface area contributed by atoms with Crippen LogP contribution >= 0.6 is 0 Å². The molecule has 3 aromatic rings. The van der Waals surface area contributed by atoms with Gasteiger partial charge in [0, 0.05) is 5.39 Å². The van der Waals surface area contributed by atoms with Crippen molar-refractivity contribution in [2.45, 2.75) is 20.0 Å². The van der Waals surface area contributed by atoms with Crippen molar-refractivity contribution in [3.63, 3.8) is 0 Å². The number of ether oxygens (including phenoxy) is 1. The number of carbonyl (C=O) groups is 2. The summed E-state index contributed by atoms with van der Waals surface area (Å²) in [7, 11) is 0. The van der Waals surface area contributed by atoms with E-state index in [1.54, 1.807) is 30.3 Å². The van der Waals surface area contributed by atoms with Crippen LogP contribution in [-0.2, 0) is 9.53 Å². The molecule has 122 valence electrons. The number of aromatic nitrogens is 1. The average Bonchev–Trinajstić information content (AvgIpc) is 3.00. The number of nitrogens with zero attached hydrogens (tertiary/aromatic N) is 1. The number of rotatable bonds is 4. The van der Waals surface area contributed by atoms with Gasteiger partial charge in [0.15, 0.2) is 11.9 Å². The summed E-state index contributed by atoms with van der Waals surface area (Å²) in [5, 5.41) is 0.631. The molecule has 2 N–H and O–H groups in total. The number of benzene rings is 1. The van der Waals surface area contributed by atoms with Gasteiger partial charge in [-0.3, -0.25) is 4.79 Å². The predicted molar refractivity (Wildman–Crippen MR) is 88.3 cm³/mol. The molecule has 0 saturated carbocycles. The van der Waals surface area contributed by atoms with Gasteiger partial charge in [0.1, 0.15) is 11.5 Å². The molecule has 6 heteroatoms. The second-order valence-electron chi connectivity index (χ2n) is 5.43. The number of amides is 1. The zero-order chi connectivity index (χ0) is 17.3. The first-order valence-corrected chi connectivity index (χ1v) is 7.42. The minimum atomic E-state index is -1.02. The first kappa shape index (κ1) is 15.7. The maximum atomic E-state index is 12.5. The molecule has 2 aromatic heterocycles. The minimum Gasteiger partial charge on any atom is -0.460 e. The molecule has 6 nitrogen and oxygen atoms in total. The standard InChI is InChI=1S/C18H16N2O4/c1-10-7-8-16(23-10)15-9-13(18(22)24-11(2)17(19)21)12-5-3-4-6-14(12)20-15/h3-9,11H,1-2H3,(H2,19,21)/t11-/m0/s1. The molecule has 0 fully saturated rings. The van der Waals surface area contributed by atoms with Gasteiger partial charge in [-0.2, -0.15) is 0 Å². The molecule has 1 atom stereocenters. The summed E-state index contributed by atoms with van der Waals surface area (Å²) in [5.41, 5.74) is 6.60. The van der Waals surface area contributed by atoms with Crippen molar-refractivity contribution in [3.8, 4) is 11.5 Å². The van der Waals surface area contributed by atoms with Crippen molar-refractivity contribution in [2.75, 3.05) is 0 Å². The number of aryl methyl sites for hydroxylation is 1. The smallest absolute Gasteiger partial charge is 0.339 e. The van der Waals surface area contributed by atoms with Gasteiger partial charge in [-0.25, -0.2) is 9.78 Å². The van der Waals surface area contributed by atoms with E-state index in [9.17, 15) is 9.59 Å². The van der Waals surface area contributed by atoms with Crippen LogP contribution in [0.2, 0.25) is 0 Å². The van der Waals surface area contributed by atoms with E-state index in [4.69, 9.17) is 14.9 Å². The molecule has 0 aliphatic carbocycles. The summed E-state index contributed by atoms with van der Waals surface area (Å²) >= 11 is 0. The first-order valence-electron chi connectivity index (χ1n) is 7.42. The lowest BCUT2D eigenvalue weighted by Gasteiger charge is -2.12. The third-order valence-electron chi connectivity index (χ3n) is 3.61. The third-order valence-corrected chi connectivity index (χ3v) is 3.61. The number of carbonyl (C=O) groups excluding carboxylic acids is 2. The van der Waals surface area contributed by atoms with E-state index in [-0.39, 0.29) is 0 Å². The Bertz CT molecular complexity index is 930. The summed E-state index contributed by atoms with van der Waals surface area (Å²) < 4.78 is 10.7. The highest BCUT2D eigenvalue weighted by atomic mass is 16.5. The first-order chi connectivity index (χ1) is 11.5. The topological polar surface area (TPSA) is 95.4 Å². The van der Waals surface area contributed by atoms with E-state index in [0.29, 0.717) is 27.9 Å². The van der Waals surface area contributed by atoms with Crippen LogP contribution in [-0.4, -0.2) is 23.0 Å². The van der Waals surface area contributed by atoms with Crippen LogP contribution in [0.25, 0.3) is 22.4 Å². The molecule has 3 rings (SSSR count). The van der Waals surface area contributed by atoms with Crippen molar-refractivity contribution in [1.82, 2.24) is 4.98 Å². The Morgan fingerprint density at radius 1 is 1.21 bits per heavy atom. The molecule has 0 aliphatic heterocycles. The lowest BCUT2D eigenvalue weighted by atomic mass is 10.1. The Balaban J connectivity index is 2.11. The van der Waals surface area contributed by atoms with Crippen molar-refractivity contribution in [2.24, 2.45) is 5.73 Å². The Hall–Kier alpha value is -3.15. The largest absolute Gasteiger partial charge is 0.460 e. The molecule has 0 spiro atoms. The van der Waals surface area contributed by atoms with Crippen LogP contribution < -0.4 is 5.73 Å². The summed E-state index contributed by atoms with van der Waals surface area (Å²) in [6.45, 7) is 3.26. The zero-order valence-corrected chi connectivity index (χ0v) is 13.3. The molecule has 0 aliphatic rings. The fourth-order valence-corrected chi connectivity index (χ4v) is 2.32. The maximum Gasteiger partial charge on any atom is 0.339 e. The van der Waals surface area contributed by atoms with Crippen molar-refractivity contribution in [1.29, 1.82) is 0 Å². The second-order valence-corrected chi connectivity index (χ2v) is 5.43. The number of pyridine rings is 1. The normalized spacial score (nSPS) is 12.1. The van der Waals surface area contributed by atoms with Crippen LogP contribution in [0.4, 0.5) is 0 Å². The van der Waals surface area contributed by atoms with Gasteiger partial charge in [-0.15, -0.1) is 0 Å². The maximum absolute atomic E-state index is 12.5. The molecule has 1 aromatic carbocycles.